The number of halogens is 19. The van der Waals surface area contributed by atoms with Gasteiger partial charge in [0, 0.05) is 6.54 Å². The van der Waals surface area contributed by atoms with Gasteiger partial charge in [0.2, 0.25) is 0 Å². The number of hydrogen-bond acceptors (Lipinski definition) is 2. The van der Waals surface area contributed by atoms with Crippen LogP contribution in [0.15, 0.2) is 0 Å². The average molecular weight is 557 g/mol. The maximum atomic E-state index is 13.4. The number of carbonyl (C=O) groups is 1. The summed E-state index contributed by atoms with van der Waals surface area (Å²) in [5.74, 6) is -72.1. The topological polar surface area (TPSA) is 49.3 Å². The maximum absolute atomic E-state index is 13.4. The summed E-state index contributed by atoms with van der Waals surface area (Å²) in [5, 5.41) is 8.61. The van der Waals surface area contributed by atoms with Crippen molar-refractivity contribution in [2.75, 3.05) is 13.2 Å². The number of alkyl halides is 19. The van der Waals surface area contributed by atoms with Crippen molar-refractivity contribution in [1.29, 1.82) is 0 Å². The highest BCUT2D eigenvalue weighted by Crippen LogP contribution is 2.65. The van der Waals surface area contributed by atoms with E-state index in [0.717, 1.165) is 0 Å². The van der Waals surface area contributed by atoms with Crippen molar-refractivity contribution in [3.05, 3.63) is 0 Å². The van der Waals surface area contributed by atoms with Crippen LogP contribution in [0, 0.1) is 0 Å². The Morgan fingerprint density at radius 1 is 0.500 bits per heavy atom. The average Bonchev–Trinajstić information content (AvgIpc) is 2.63. The van der Waals surface area contributed by atoms with Gasteiger partial charge < -0.3 is 10.4 Å². The molecule has 0 aliphatic heterocycles. The van der Waals surface area contributed by atoms with Crippen LogP contribution in [0.1, 0.15) is 0 Å². The zero-order valence-corrected chi connectivity index (χ0v) is 15.0. The van der Waals surface area contributed by atoms with E-state index in [4.69, 9.17) is 5.11 Å². The van der Waals surface area contributed by atoms with Crippen LogP contribution in [0.3, 0.4) is 0 Å². The van der Waals surface area contributed by atoms with Gasteiger partial charge in [-0.3, -0.25) is 4.79 Å². The zero-order valence-electron chi connectivity index (χ0n) is 15.0. The highest BCUT2D eigenvalue weighted by Gasteiger charge is 2.97. The lowest BCUT2D eigenvalue weighted by Gasteiger charge is -2.43. The van der Waals surface area contributed by atoms with Crippen molar-refractivity contribution in [1.82, 2.24) is 5.32 Å². The Labute approximate surface area is 172 Å². The smallest absolute Gasteiger partial charge is 0.395 e. The fourth-order valence-electron chi connectivity index (χ4n) is 1.78. The number of aliphatic hydroxyl groups excluding tert-OH is 1. The predicted octanol–water partition coefficient (Wildman–Crippen LogP) is 4.74. The molecule has 0 atom stereocenters. The van der Waals surface area contributed by atoms with E-state index < -0.39 is 72.6 Å². The summed E-state index contributed by atoms with van der Waals surface area (Å²) in [6.07, 6.45) is -7.95. The molecule has 0 heterocycles. The van der Waals surface area contributed by atoms with E-state index in [2.05, 4.69) is 0 Å². The van der Waals surface area contributed by atoms with Crippen LogP contribution in [0.2, 0.25) is 0 Å². The lowest BCUT2D eigenvalue weighted by molar-refractivity contribution is -0.467. The van der Waals surface area contributed by atoms with Crippen LogP contribution in [-0.4, -0.2) is 77.7 Å². The van der Waals surface area contributed by atoms with Gasteiger partial charge in [0.15, 0.2) is 0 Å². The molecule has 3 nitrogen and oxygen atoms in total. The number of amides is 1. The Morgan fingerprint density at radius 3 is 1.03 bits per heavy atom. The normalized spacial score (nSPS) is 16.0. The minimum atomic E-state index is -9.04. The zero-order chi connectivity index (χ0) is 28.2. The quantitative estimate of drug-likeness (QED) is 0.382. The summed E-state index contributed by atoms with van der Waals surface area (Å²) in [5.41, 5.74) is 0. The largest absolute Gasteiger partial charge is 0.460 e. The summed E-state index contributed by atoms with van der Waals surface area (Å²) in [7, 11) is 0. The molecule has 0 aromatic rings. The van der Waals surface area contributed by atoms with Crippen molar-refractivity contribution < 1.29 is 93.3 Å². The molecule has 2 N–H and O–H groups in total. The van der Waals surface area contributed by atoms with Crippen LogP contribution in [0.5, 0.6) is 0 Å². The van der Waals surface area contributed by atoms with E-state index in [1.165, 1.54) is 0 Å². The minimum absolute atomic E-state index is 0.455. The van der Waals surface area contributed by atoms with E-state index in [1.54, 1.807) is 0 Å². The third-order valence-corrected chi connectivity index (χ3v) is 3.80. The molecule has 0 aromatic carbocycles. The van der Waals surface area contributed by atoms with Gasteiger partial charge in [0.05, 0.1) is 6.61 Å². The van der Waals surface area contributed by atoms with Gasteiger partial charge in [-0.1, -0.05) is 0 Å². The fraction of sp³-hybridized carbons (Fsp3) is 0.917. The minimum Gasteiger partial charge on any atom is -0.395 e. The summed E-state index contributed by atoms with van der Waals surface area (Å²) < 4.78 is 247. The first-order valence-corrected chi connectivity index (χ1v) is 7.46. The first-order chi connectivity index (χ1) is 14.5. The van der Waals surface area contributed by atoms with Gasteiger partial charge >= 0.3 is 53.6 Å². The van der Waals surface area contributed by atoms with Gasteiger partial charge in [-0.2, -0.15) is 83.4 Å². The van der Waals surface area contributed by atoms with Crippen molar-refractivity contribution in [3.8, 4) is 0 Å². The van der Waals surface area contributed by atoms with Gasteiger partial charge in [-0.05, 0) is 0 Å². The van der Waals surface area contributed by atoms with Crippen molar-refractivity contribution in [2.24, 2.45) is 0 Å². The van der Waals surface area contributed by atoms with E-state index in [0.29, 0.717) is 5.32 Å². The third kappa shape index (κ3) is 3.97. The molecule has 0 bridgehead atoms. The third-order valence-electron chi connectivity index (χ3n) is 3.80. The molecule has 0 saturated heterocycles. The van der Waals surface area contributed by atoms with E-state index in [1.807, 2.05) is 0 Å². The molecule has 0 fully saturated rings. The summed E-state index contributed by atoms with van der Waals surface area (Å²) >= 11 is 0. The summed E-state index contributed by atoms with van der Waals surface area (Å²) in [4.78, 5) is 10.8. The Hall–Kier alpha value is -1.90. The molecule has 0 aromatic heterocycles. The molecule has 22 heteroatoms. The Bertz CT molecular complexity index is 755. The van der Waals surface area contributed by atoms with Gasteiger partial charge in [-0.25, -0.2) is 0 Å². The molecule has 0 spiro atoms. The standard InChI is InChI=1S/C12H6F19NO2/c13-4(14,3(34)32-1-2-33)5(15,16)6(17,18)7(19,20)8(21,22)9(23,24)10(25,26)11(27,28)12(29,30)31/h33H,1-2H2,(H,32,34). The molecule has 0 rings (SSSR count). The van der Waals surface area contributed by atoms with Crippen molar-refractivity contribution in [3.63, 3.8) is 0 Å². The second kappa shape index (κ2) is 8.35. The van der Waals surface area contributed by atoms with Crippen LogP contribution in [0.25, 0.3) is 0 Å². The Balaban J connectivity index is 6.86. The molecular formula is C12H6F19NO2. The molecule has 34 heavy (non-hydrogen) atoms. The SMILES string of the molecule is O=C(NCCO)C(F)(F)C(F)(F)C(F)(F)C(F)(F)C(F)(F)C(F)(F)C(F)(F)C(F)(F)C(F)(F)F. The second-order valence-corrected chi connectivity index (χ2v) is 6.07. The van der Waals surface area contributed by atoms with E-state index in [-0.39, 0.29) is 0 Å². The number of aliphatic hydroxyl groups is 1. The number of hydrogen-bond donors (Lipinski definition) is 2. The monoisotopic (exact) mass is 557 g/mol. The molecule has 0 aliphatic carbocycles. The molecule has 0 radical (unpaired) electrons. The van der Waals surface area contributed by atoms with Crippen LogP contribution in [-0.2, 0) is 4.79 Å². The molecule has 204 valence electrons. The maximum Gasteiger partial charge on any atom is 0.460 e. The van der Waals surface area contributed by atoms with Gasteiger partial charge in [0.1, 0.15) is 0 Å². The number of carbonyl (C=O) groups excluding carboxylic acids is 1. The lowest BCUT2D eigenvalue weighted by atomic mass is 9.87. The van der Waals surface area contributed by atoms with Gasteiger partial charge in [0.25, 0.3) is 5.91 Å². The molecule has 0 unspecified atom stereocenters. The highest BCUT2D eigenvalue weighted by atomic mass is 19.4. The number of rotatable bonds is 10. The predicted molar refractivity (Wildman–Crippen MR) is 65.7 cm³/mol. The van der Waals surface area contributed by atoms with Crippen LogP contribution < -0.4 is 5.32 Å². The number of nitrogens with one attached hydrogen (secondary N) is 1. The fourth-order valence-corrected chi connectivity index (χ4v) is 1.78. The molecule has 0 saturated carbocycles. The lowest BCUT2D eigenvalue weighted by Crippen LogP contribution is -2.76. The van der Waals surface area contributed by atoms with Gasteiger partial charge in [-0.15, -0.1) is 0 Å². The summed E-state index contributed by atoms with van der Waals surface area (Å²) in [6, 6.07) is 0. The van der Waals surface area contributed by atoms with Crippen LogP contribution in [0.4, 0.5) is 83.4 Å². The van der Waals surface area contributed by atoms with Crippen LogP contribution >= 0.6 is 0 Å². The molecular weight excluding hydrogens is 551 g/mol. The summed E-state index contributed by atoms with van der Waals surface area (Å²) in [6.45, 7) is -2.94. The first-order valence-electron chi connectivity index (χ1n) is 7.46. The van der Waals surface area contributed by atoms with E-state index in [9.17, 15) is 88.2 Å². The molecule has 0 aliphatic rings. The molecule has 1 amide bonds. The Kier molecular flexibility index (Phi) is 7.88. The Morgan fingerprint density at radius 2 is 0.765 bits per heavy atom. The van der Waals surface area contributed by atoms with E-state index >= 15 is 0 Å². The van der Waals surface area contributed by atoms with Crippen molar-refractivity contribution >= 4 is 5.91 Å². The second-order valence-electron chi connectivity index (χ2n) is 6.07. The first kappa shape index (κ1) is 32.1. The van der Waals surface area contributed by atoms with Crippen molar-refractivity contribution in [2.45, 2.75) is 53.6 Å². The highest BCUT2D eigenvalue weighted by molar-refractivity contribution is 5.84.